The van der Waals surface area contributed by atoms with Gasteiger partial charge in [0.25, 0.3) is 0 Å². The number of anilines is 2. The summed E-state index contributed by atoms with van der Waals surface area (Å²) in [6.45, 7) is 0.704. The van der Waals surface area contributed by atoms with Crippen molar-refractivity contribution in [2.45, 2.75) is 6.42 Å². The highest BCUT2D eigenvalue weighted by Crippen LogP contribution is 2.22. The number of nitrogens with two attached hydrogens (primary N) is 1. The van der Waals surface area contributed by atoms with Gasteiger partial charge in [0.05, 0.1) is 7.11 Å². The molecule has 0 bridgehead atoms. The second kappa shape index (κ2) is 6.09. The van der Waals surface area contributed by atoms with Gasteiger partial charge < -0.3 is 15.8 Å². The van der Waals surface area contributed by atoms with Crippen LogP contribution >= 0.6 is 0 Å². The Morgan fingerprint density at radius 3 is 2.79 bits per heavy atom. The van der Waals surface area contributed by atoms with Gasteiger partial charge in [-0.1, -0.05) is 12.1 Å². The first-order valence-corrected chi connectivity index (χ1v) is 6.10. The third kappa shape index (κ3) is 3.88. The normalized spacial score (nSPS) is 10.2. The predicted octanol–water partition coefficient (Wildman–Crippen LogP) is 3.07. The lowest BCUT2D eigenvalue weighted by atomic mass is 10.1. The van der Waals surface area contributed by atoms with Crippen molar-refractivity contribution in [3.05, 3.63) is 53.8 Å². The Morgan fingerprint density at radius 1 is 1.21 bits per heavy atom. The van der Waals surface area contributed by atoms with Crippen molar-refractivity contribution in [2.75, 3.05) is 24.7 Å². The summed E-state index contributed by atoms with van der Waals surface area (Å²) in [4.78, 5) is 0. The molecule has 2 rings (SSSR count). The van der Waals surface area contributed by atoms with Crippen LogP contribution in [0.4, 0.5) is 15.8 Å². The maximum Gasteiger partial charge on any atom is 0.123 e. The van der Waals surface area contributed by atoms with Crippen molar-refractivity contribution in [1.29, 1.82) is 0 Å². The van der Waals surface area contributed by atoms with E-state index in [9.17, 15) is 4.39 Å². The molecule has 0 saturated carbocycles. The second-order valence-corrected chi connectivity index (χ2v) is 4.30. The lowest BCUT2D eigenvalue weighted by molar-refractivity contribution is 0.415. The number of rotatable bonds is 5. The average molecular weight is 260 g/mol. The number of hydrogen-bond donors (Lipinski definition) is 2. The fraction of sp³-hybridized carbons (Fsp3) is 0.200. The molecule has 100 valence electrons. The van der Waals surface area contributed by atoms with Gasteiger partial charge in [0.1, 0.15) is 11.6 Å². The lowest BCUT2D eigenvalue weighted by Gasteiger charge is -2.09. The molecule has 0 aliphatic carbocycles. The number of methoxy groups -OCH3 is 1. The summed E-state index contributed by atoms with van der Waals surface area (Å²) >= 11 is 0. The van der Waals surface area contributed by atoms with Crippen LogP contribution in [0.15, 0.2) is 42.5 Å². The molecule has 0 radical (unpaired) electrons. The molecular weight excluding hydrogens is 243 g/mol. The Labute approximate surface area is 112 Å². The summed E-state index contributed by atoms with van der Waals surface area (Å²) in [6, 6.07) is 12.1. The van der Waals surface area contributed by atoms with Crippen LogP contribution in [-0.2, 0) is 6.42 Å². The van der Waals surface area contributed by atoms with Crippen molar-refractivity contribution in [2.24, 2.45) is 0 Å². The van der Waals surface area contributed by atoms with E-state index in [0.29, 0.717) is 18.0 Å². The van der Waals surface area contributed by atoms with Crippen LogP contribution in [0.2, 0.25) is 0 Å². The molecular formula is C15H17FN2O. The molecule has 2 aromatic rings. The first-order valence-electron chi connectivity index (χ1n) is 6.10. The van der Waals surface area contributed by atoms with E-state index < -0.39 is 0 Å². The van der Waals surface area contributed by atoms with E-state index in [1.807, 2.05) is 18.2 Å². The quantitative estimate of drug-likeness (QED) is 0.812. The van der Waals surface area contributed by atoms with Crippen molar-refractivity contribution in [3.8, 4) is 5.75 Å². The van der Waals surface area contributed by atoms with Gasteiger partial charge in [-0.3, -0.25) is 0 Å². The minimum Gasteiger partial charge on any atom is -0.497 e. The van der Waals surface area contributed by atoms with Gasteiger partial charge in [-0.15, -0.1) is 0 Å². The zero-order chi connectivity index (χ0) is 13.7. The highest BCUT2D eigenvalue weighted by molar-refractivity contribution is 5.59. The summed E-state index contributed by atoms with van der Waals surface area (Å²) in [5.74, 6) is 0.511. The number of ether oxygens (including phenoxy) is 1. The molecule has 2 aromatic carbocycles. The van der Waals surface area contributed by atoms with Crippen LogP contribution in [-0.4, -0.2) is 13.7 Å². The highest BCUT2D eigenvalue weighted by atomic mass is 19.1. The van der Waals surface area contributed by atoms with Crippen LogP contribution < -0.4 is 15.8 Å². The van der Waals surface area contributed by atoms with E-state index in [-0.39, 0.29) is 5.82 Å². The zero-order valence-corrected chi connectivity index (χ0v) is 10.8. The maximum atomic E-state index is 13.0. The summed E-state index contributed by atoms with van der Waals surface area (Å²) in [7, 11) is 1.60. The first-order chi connectivity index (χ1) is 9.17. The van der Waals surface area contributed by atoms with E-state index in [1.54, 1.807) is 25.3 Å². The van der Waals surface area contributed by atoms with Crippen LogP contribution in [0, 0.1) is 5.82 Å². The number of nitrogen functional groups attached to an aromatic ring is 1. The molecule has 0 aromatic heterocycles. The second-order valence-electron chi connectivity index (χ2n) is 4.30. The molecule has 0 saturated heterocycles. The number of hydrogen-bond acceptors (Lipinski definition) is 3. The van der Waals surface area contributed by atoms with E-state index in [2.05, 4.69) is 5.32 Å². The molecule has 0 fully saturated rings. The summed E-state index contributed by atoms with van der Waals surface area (Å²) in [5.41, 5.74) is 8.27. The molecule has 4 heteroatoms. The highest BCUT2D eigenvalue weighted by Gasteiger charge is 2.00. The van der Waals surface area contributed by atoms with Gasteiger partial charge in [0.2, 0.25) is 0 Å². The molecule has 0 aliphatic rings. The first kappa shape index (κ1) is 13.2. The van der Waals surface area contributed by atoms with Gasteiger partial charge >= 0.3 is 0 Å². The molecule has 0 heterocycles. The van der Waals surface area contributed by atoms with Crippen molar-refractivity contribution < 1.29 is 9.13 Å². The Kier molecular flexibility index (Phi) is 4.23. The van der Waals surface area contributed by atoms with Gasteiger partial charge in [0, 0.05) is 30.1 Å². The van der Waals surface area contributed by atoms with Gasteiger partial charge in [-0.2, -0.15) is 0 Å². The van der Waals surface area contributed by atoms with Gasteiger partial charge in [-0.25, -0.2) is 4.39 Å². The molecule has 0 aliphatic heterocycles. The topological polar surface area (TPSA) is 47.3 Å². The van der Waals surface area contributed by atoms with Gasteiger partial charge in [-0.05, 0) is 30.2 Å². The standard InChI is InChI=1S/C15H17FN2O/c1-19-15-9-13(17)8-14(10-15)18-6-5-11-3-2-4-12(16)7-11/h2-4,7-10,18H,5-6,17H2,1H3. The van der Waals surface area contributed by atoms with E-state index in [1.165, 1.54) is 6.07 Å². The number of benzene rings is 2. The Morgan fingerprint density at radius 2 is 2.05 bits per heavy atom. The third-order valence-electron chi connectivity index (χ3n) is 2.80. The Hall–Kier alpha value is -2.23. The molecule has 19 heavy (non-hydrogen) atoms. The fourth-order valence-corrected chi connectivity index (χ4v) is 1.89. The van der Waals surface area contributed by atoms with Gasteiger partial charge in [0.15, 0.2) is 0 Å². The summed E-state index contributed by atoms with van der Waals surface area (Å²) < 4.78 is 18.2. The van der Waals surface area contributed by atoms with E-state index in [4.69, 9.17) is 10.5 Å². The minimum atomic E-state index is -0.205. The van der Waals surface area contributed by atoms with E-state index >= 15 is 0 Å². The monoisotopic (exact) mass is 260 g/mol. The number of halogens is 1. The largest absolute Gasteiger partial charge is 0.497 e. The van der Waals surface area contributed by atoms with Crippen LogP contribution in [0.3, 0.4) is 0 Å². The fourth-order valence-electron chi connectivity index (χ4n) is 1.89. The lowest BCUT2D eigenvalue weighted by Crippen LogP contribution is -2.05. The maximum absolute atomic E-state index is 13.0. The molecule has 0 amide bonds. The van der Waals surface area contributed by atoms with Crippen LogP contribution in [0.5, 0.6) is 5.75 Å². The molecule has 0 spiro atoms. The SMILES string of the molecule is COc1cc(N)cc(NCCc2cccc(F)c2)c1. The van der Waals surface area contributed by atoms with Crippen molar-refractivity contribution in [3.63, 3.8) is 0 Å². The Balaban J connectivity index is 1.94. The zero-order valence-electron chi connectivity index (χ0n) is 10.8. The van der Waals surface area contributed by atoms with E-state index in [0.717, 1.165) is 17.7 Å². The summed E-state index contributed by atoms with van der Waals surface area (Å²) in [5, 5.41) is 3.25. The van der Waals surface area contributed by atoms with Crippen LogP contribution in [0.25, 0.3) is 0 Å². The minimum absolute atomic E-state index is 0.205. The number of nitrogens with one attached hydrogen (secondary N) is 1. The summed E-state index contributed by atoms with van der Waals surface area (Å²) in [6.07, 6.45) is 0.745. The molecule has 0 atom stereocenters. The third-order valence-corrected chi connectivity index (χ3v) is 2.80. The molecule has 0 unspecified atom stereocenters. The molecule has 3 nitrogen and oxygen atoms in total. The van der Waals surface area contributed by atoms with Crippen LogP contribution in [0.1, 0.15) is 5.56 Å². The molecule has 3 N–H and O–H groups in total. The predicted molar refractivity (Wildman–Crippen MR) is 76.0 cm³/mol. The van der Waals surface area contributed by atoms with Crippen molar-refractivity contribution in [1.82, 2.24) is 0 Å². The van der Waals surface area contributed by atoms with Crippen molar-refractivity contribution >= 4 is 11.4 Å². The average Bonchev–Trinajstić information content (AvgIpc) is 2.38. The Bertz CT molecular complexity index is 558. The smallest absolute Gasteiger partial charge is 0.123 e.